The molecule has 0 amide bonds. The summed E-state index contributed by atoms with van der Waals surface area (Å²) in [5.41, 5.74) is 2.31. The molecule has 2 heterocycles. The van der Waals surface area contributed by atoms with Crippen molar-refractivity contribution in [3.63, 3.8) is 0 Å². The first-order valence-electron chi connectivity index (χ1n) is 6.55. The summed E-state index contributed by atoms with van der Waals surface area (Å²) in [7, 11) is 1.70. The number of pyridine rings is 1. The molecule has 1 saturated heterocycles. The van der Waals surface area contributed by atoms with Crippen LogP contribution in [-0.2, 0) is 0 Å². The van der Waals surface area contributed by atoms with E-state index in [0.29, 0.717) is 6.04 Å². The molecular weight excluding hydrogens is 224 g/mol. The van der Waals surface area contributed by atoms with Crippen LogP contribution in [0.3, 0.4) is 0 Å². The van der Waals surface area contributed by atoms with E-state index >= 15 is 0 Å². The van der Waals surface area contributed by atoms with Gasteiger partial charge in [0, 0.05) is 17.6 Å². The summed E-state index contributed by atoms with van der Waals surface area (Å²) in [5.74, 6) is 0.852. The minimum Gasteiger partial charge on any atom is -0.494 e. The van der Waals surface area contributed by atoms with Crippen molar-refractivity contribution in [1.29, 1.82) is 0 Å². The van der Waals surface area contributed by atoms with Gasteiger partial charge in [-0.1, -0.05) is 18.6 Å². The number of aromatic nitrogens is 1. The van der Waals surface area contributed by atoms with Crippen molar-refractivity contribution in [3.8, 4) is 5.75 Å². The minimum atomic E-state index is 0.455. The molecular formula is C15H18N2O. The van der Waals surface area contributed by atoms with E-state index in [2.05, 4.69) is 22.4 Å². The van der Waals surface area contributed by atoms with Gasteiger partial charge in [0.2, 0.25) is 0 Å². The summed E-state index contributed by atoms with van der Waals surface area (Å²) in [6.07, 6.45) is 5.67. The molecule has 1 aliphatic heterocycles. The number of hydrogen-bond donors (Lipinski definition) is 1. The number of nitrogens with zero attached hydrogens (tertiary/aromatic N) is 1. The van der Waals surface area contributed by atoms with E-state index in [4.69, 9.17) is 4.74 Å². The SMILES string of the molecule is COc1cccc2c(C3CCCCN3)ccnc12. The number of fused-ring (bicyclic) bond motifs is 1. The Balaban J connectivity index is 2.11. The van der Waals surface area contributed by atoms with Crippen LogP contribution < -0.4 is 10.1 Å². The Hall–Kier alpha value is -1.61. The van der Waals surface area contributed by atoms with Crippen LogP contribution in [0.4, 0.5) is 0 Å². The minimum absolute atomic E-state index is 0.455. The van der Waals surface area contributed by atoms with Crippen LogP contribution in [0.2, 0.25) is 0 Å². The number of piperidine rings is 1. The largest absolute Gasteiger partial charge is 0.494 e. The second-order valence-electron chi connectivity index (χ2n) is 4.76. The zero-order valence-electron chi connectivity index (χ0n) is 10.6. The van der Waals surface area contributed by atoms with Gasteiger partial charge < -0.3 is 10.1 Å². The Kier molecular flexibility index (Phi) is 3.15. The van der Waals surface area contributed by atoms with E-state index in [9.17, 15) is 0 Å². The van der Waals surface area contributed by atoms with Crippen molar-refractivity contribution < 1.29 is 4.74 Å². The van der Waals surface area contributed by atoms with Crippen LogP contribution in [-0.4, -0.2) is 18.6 Å². The van der Waals surface area contributed by atoms with Crippen LogP contribution in [0.5, 0.6) is 5.75 Å². The highest BCUT2D eigenvalue weighted by Crippen LogP contribution is 2.31. The maximum Gasteiger partial charge on any atom is 0.145 e. The first kappa shape index (κ1) is 11.5. The highest BCUT2D eigenvalue weighted by atomic mass is 16.5. The number of rotatable bonds is 2. The molecule has 0 saturated carbocycles. The maximum absolute atomic E-state index is 5.39. The van der Waals surface area contributed by atoms with Crippen molar-refractivity contribution >= 4 is 10.9 Å². The normalized spacial score (nSPS) is 19.9. The van der Waals surface area contributed by atoms with Crippen molar-refractivity contribution in [1.82, 2.24) is 10.3 Å². The van der Waals surface area contributed by atoms with Gasteiger partial charge in [0.1, 0.15) is 11.3 Å². The smallest absolute Gasteiger partial charge is 0.145 e. The van der Waals surface area contributed by atoms with E-state index in [1.807, 2.05) is 18.3 Å². The van der Waals surface area contributed by atoms with E-state index in [1.54, 1.807) is 7.11 Å². The van der Waals surface area contributed by atoms with Crippen LogP contribution in [0.1, 0.15) is 30.9 Å². The number of ether oxygens (including phenoxy) is 1. The molecule has 1 aliphatic rings. The van der Waals surface area contributed by atoms with E-state index in [0.717, 1.165) is 17.8 Å². The zero-order valence-corrected chi connectivity index (χ0v) is 10.6. The van der Waals surface area contributed by atoms with Gasteiger partial charge in [0.05, 0.1) is 7.11 Å². The molecule has 0 bridgehead atoms. The molecule has 1 fully saturated rings. The molecule has 1 aromatic heterocycles. The third-order valence-electron chi connectivity index (χ3n) is 3.67. The number of para-hydroxylation sites is 1. The Labute approximate surface area is 107 Å². The van der Waals surface area contributed by atoms with Crippen LogP contribution in [0.25, 0.3) is 10.9 Å². The molecule has 18 heavy (non-hydrogen) atoms. The highest BCUT2D eigenvalue weighted by molar-refractivity contribution is 5.87. The summed E-state index contributed by atoms with van der Waals surface area (Å²) in [6.45, 7) is 1.11. The van der Waals surface area contributed by atoms with Gasteiger partial charge in [-0.25, -0.2) is 0 Å². The average Bonchev–Trinajstić information content (AvgIpc) is 2.47. The number of hydrogen-bond acceptors (Lipinski definition) is 3. The molecule has 3 heteroatoms. The van der Waals surface area contributed by atoms with Crippen molar-refractivity contribution in [2.45, 2.75) is 25.3 Å². The van der Waals surface area contributed by atoms with Crippen LogP contribution in [0, 0.1) is 0 Å². The molecule has 0 spiro atoms. The second-order valence-corrected chi connectivity index (χ2v) is 4.76. The molecule has 1 unspecified atom stereocenters. The fourth-order valence-corrected chi connectivity index (χ4v) is 2.76. The lowest BCUT2D eigenvalue weighted by Crippen LogP contribution is -2.26. The van der Waals surface area contributed by atoms with E-state index in [-0.39, 0.29) is 0 Å². The number of benzene rings is 1. The molecule has 0 aliphatic carbocycles. The van der Waals surface area contributed by atoms with E-state index < -0.39 is 0 Å². The standard InChI is InChI=1S/C15H18N2O/c1-18-14-7-4-5-12-11(8-10-17-15(12)14)13-6-2-3-9-16-13/h4-5,7-8,10,13,16H,2-3,6,9H2,1H3. The van der Waals surface area contributed by atoms with Gasteiger partial charge in [-0.3, -0.25) is 4.98 Å². The first-order valence-corrected chi connectivity index (χ1v) is 6.55. The van der Waals surface area contributed by atoms with Crippen molar-refractivity contribution in [2.75, 3.05) is 13.7 Å². The predicted octanol–water partition coefficient (Wildman–Crippen LogP) is 3.06. The van der Waals surface area contributed by atoms with Gasteiger partial charge in [-0.15, -0.1) is 0 Å². The Morgan fingerprint density at radius 2 is 2.22 bits per heavy atom. The first-order chi connectivity index (χ1) is 8.90. The van der Waals surface area contributed by atoms with Gasteiger partial charge >= 0.3 is 0 Å². The van der Waals surface area contributed by atoms with Crippen molar-refractivity contribution in [2.24, 2.45) is 0 Å². The zero-order chi connectivity index (χ0) is 12.4. The lowest BCUT2D eigenvalue weighted by molar-refractivity contribution is 0.412. The Bertz CT molecular complexity index is 547. The third kappa shape index (κ3) is 1.95. The van der Waals surface area contributed by atoms with Gasteiger partial charge in [-0.2, -0.15) is 0 Å². The highest BCUT2D eigenvalue weighted by Gasteiger charge is 2.17. The number of methoxy groups -OCH3 is 1. The van der Waals surface area contributed by atoms with E-state index in [1.165, 1.54) is 30.2 Å². The summed E-state index contributed by atoms with van der Waals surface area (Å²) in [6, 6.07) is 8.72. The molecule has 1 aromatic carbocycles. The van der Waals surface area contributed by atoms with Crippen LogP contribution >= 0.6 is 0 Å². The third-order valence-corrected chi connectivity index (χ3v) is 3.67. The van der Waals surface area contributed by atoms with Crippen molar-refractivity contribution in [3.05, 3.63) is 36.0 Å². The lowest BCUT2D eigenvalue weighted by Gasteiger charge is -2.25. The molecule has 0 radical (unpaired) electrons. The van der Waals surface area contributed by atoms with Gasteiger partial charge in [-0.05, 0) is 37.1 Å². The summed E-state index contributed by atoms with van der Waals surface area (Å²) >= 11 is 0. The molecule has 3 nitrogen and oxygen atoms in total. The molecule has 1 N–H and O–H groups in total. The fourth-order valence-electron chi connectivity index (χ4n) is 2.76. The lowest BCUT2D eigenvalue weighted by atomic mass is 9.95. The summed E-state index contributed by atoms with van der Waals surface area (Å²) in [4.78, 5) is 4.45. The predicted molar refractivity (Wildman–Crippen MR) is 72.9 cm³/mol. The quantitative estimate of drug-likeness (QED) is 0.878. The Morgan fingerprint density at radius 1 is 1.28 bits per heavy atom. The monoisotopic (exact) mass is 242 g/mol. The molecule has 3 rings (SSSR count). The summed E-state index contributed by atoms with van der Waals surface area (Å²) < 4.78 is 5.39. The Morgan fingerprint density at radius 3 is 3.00 bits per heavy atom. The maximum atomic E-state index is 5.39. The molecule has 1 atom stereocenters. The molecule has 2 aromatic rings. The molecule has 94 valence electrons. The average molecular weight is 242 g/mol. The fraction of sp³-hybridized carbons (Fsp3) is 0.400. The van der Waals surface area contributed by atoms with Gasteiger partial charge in [0.25, 0.3) is 0 Å². The van der Waals surface area contributed by atoms with Gasteiger partial charge in [0.15, 0.2) is 0 Å². The topological polar surface area (TPSA) is 34.1 Å². The summed E-state index contributed by atoms with van der Waals surface area (Å²) in [5, 5.41) is 4.80. The second kappa shape index (κ2) is 4.94. The number of nitrogens with one attached hydrogen (secondary N) is 1. The van der Waals surface area contributed by atoms with Crippen LogP contribution in [0.15, 0.2) is 30.5 Å².